The third-order valence-corrected chi connectivity index (χ3v) is 5.94. The first-order chi connectivity index (χ1) is 12.1. The van der Waals surface area contributed by atoms with Gasteiger partial charge < -0.3 is 14.9 Å². The summed E-state index contributed by atoms with van der Waals surface area (Å²) in [5.41, 5.74) is 0.0580. The normalized spacial score (nSPS) is 22.5. The molecule has 2 fully saturated rings. The highest BCUT2D eigenvalue weighted by Gasteiger charge is 2.41. The highest BCUT2D eigenvalue weighted by molar-refractivity contribution is 7.13. The molecule has 10 heteroatoms. The van der Waals surface area contributed by atoms with Gasteiger partial charge in [-0.3, -0.25) is 9.59 Å². The van der Waals surface area contributed by atoms with E-state index < -0.39 is 23.2 Å². The summed E-state index contributed by atoms with van der Waals surface area (Å²) in [5.74, 6) is -0.812. The monoisotopic (exact) mass is 391 g/mol. The number of amides is 2. The first-order valence-electron chi connectivity index (χ1n) is 8.42. The Morgan fingerprint density at radius 2 is 1.96 bits per heavy atom. The van der Waals surface area contributed by atoms with Crippen molar-refractivity contribution in [2.24, 2.45) is 5.92 Å². The fourth-order valence-electron chi connectivity index (χ4n) is 3.11. The van der Waals surface area contributed by atoms with Crippen LogP contribution in [0.5, 0.6) is 0 Å². The lowest BCUT2D eigenvalue weighted by molar-refractivity contribution is -0.145. The van der Waals surface area contributed by atoms with E-state index in [9.17, 15) is 27.9 Å². The largest absolute Gasteiger partial charge is 0.443 e. The third-order valence-electron chi connectivity index (χ3n) is 4.75. The number of carbonyl (C=O) groups excluding carboxylic acids is 2. The van der Waals surface area contributed by atoms with Crippen molar-refractivity contribution in [1.29, 1.82) is 0 Å². The van der Waals surface area contributed by atoms with Crippen molar-refractivity contribution in [3.05, 3.63) is 15.6 Å². The minimum absolute atomic E-state index is 0.0231. The molecule has 3 rings (SSSR count). The molecule has 0 bridgehead atoms. The van der Waals surface area contributed by atoms with Crippen molar-refractivity contribution < 1.29 is 27.9 Å². The van der Waals surface area contributed by atoms with E-state index in [1.165, 1.54) is 11.8 Å². The molecule has 6 nitrogen and oxygen atoms in total. The van der Waals surface area contributed by atoms with E-state index in [-0.39, 0.29) is 48.1 Å². The molecule has 0 spiro atoms. The van der Waals surface area contributed by atoms with Gasteiger partial charge in [0.25, 0.3) is 11.8 Å². The summed E-state index contributed by atoms with van der Waals surface area (Å²) in [5, 5.41) is 8.98. The molecule has 1 N–H and O–H groups in total. The Morgan fingerprint density at radius 3 is 2.46 bits per heavy atom. The van der Waals surface area contributed by atoms with E-state index in [1.807, 2.05) is 0 Å². The minimum Gasteiger partial charge on any atom is -0.383 e. The average molecular weight is 391 g/mol. The van der Waals surface area contributed by atoms with Gasteiger partial charge in [-0.25, -0.2) is 4.98 Å². The molecule has 2 atom stereocenters. The molecule has 1 saturated heterocycles. The van der Waals surface area contributed by atoms with Crippen molar-refractivity contribution in [1.82, 2.24) is 14.8 Å². The van der Waals surface area contributed by atoms with Crippen LogP contribution >= 0.6 is 11.3 Å². The van der Waals surface area contributed by atoms with Crippen LogP contribution in [0.4, 0.5) is 13.2 Å². The van der Waals surface area contributed by atoms with Crippen LogP contribution < -0.4 is 0 Å². The van der Waals surface area contributed by atoms with Gasteiger partial charge in [0.05, 0.1) is 5.69 Å². The lowest BCUT2D eigenvalue weighted by atomic mass is 10.1. The van der Waals surface area contributed by atoms with Crippen molar-refractivity contribution in [2.45, 2.75) is 45.0 Å². The van der Waals surface area contributed by atoms with Crippen LogP contribution in [-0.4, -0.2) is 63.5 Å². The van der Waals surface area contributed by atoms with Crippen molar-refractivity contribution in [2.75, 3.05) is 19.6 Å². The maximum absolute atomic E-state index is 12.8. The molecule has 2 heterocycles. The molecule has 26 heavy (non-hydrogen) atoms. The summed E-state index contributed by atoms with van der Waals surface area (Å²) in [6.07, 6.45) is -3.90. The van der Waals surface area contributed by atoms with E-state index in [1.54, 1.807) is 11.8 Å². The molecule has 2 aliphatic rings. The highest BCUT2D eigenvalue weighted by Crippen LogP contribution is 2.35. The molecule has 1 aromatic rings. The predicted octanol–water partition coefficient (Wildman–Crippen LogP) is 1.91. The fraction of sp³-hybridized carbons (Fsp3) is 0.688. The predicted molar refractivity (Wildman–Crippen MR) is 87.7 cm³/mol. The molecule has 0 radical (unpaired) electrons. The molecule has 1 saturated carbocycles. The number of alkyl halides is 3. The summed E-state index contributed by atoms with van der Waals surface area (Å²) >= 11 is 0.346. The van der Waals surface area contributed by atoms with E-state index >= 15 is 0 Å². The zero-order chi connectivity index (χ0) is 19.2. The number of piperazine rings is 1. The van der Waals surface area contributed by atoms with Crippen LogP contribution in [-0.2, 0) is 11.0 Å². The second-order valence-corrected chi connectivity index (χ2v) is 7.84. The summed E-state index contributed by atoms with van der Waals surface area (Å²) in [4.78, 5) is 31.4. The Hall–Kier alpha value is -1.68. The van der Waals surface area contributed by atoms with Gasteiger partial charge in [0.1, 0.15) is 11.0 Å². The topological polar surface area (TPSA) is 73.7 Å². The summed E-state index contributed by atoms with van der Waals surface area (Å²) in [7, 11) is 0. The standard InChI is InChI=1S/C16H20F3N3O3S/c1-8-7-21(5-6-22(8)13(24)11(23)10-3-4-10)14(25)12-9(2)20-15(26-12)16(17,18)19/h8,10-11,23H,3-7H2,1-2H3. The summed E-state index contributed by atoms with van der Waals surface area (Å²) in [6.45, 7) is 3.82. The molecular weight excluding hydrogens is 371 g/mol. The van der Waals surface area contributed by atoms with Gasteiger partial charge in [0.15, 0.2) is 5.01 Å². The fourth-order valence-corrected chi connectivity index (χ4v) is 4.01. The molecule has 144 valence electrons. The Kier molecular flexibility index (Phi) is 5.00. The SMILES string of the molecule is Cc1nc(C(F)(F)F)sc1C(=O)N1CCN(C(=O)C(O)C2CC2)C(C)C1. The molecule has 1 aromatic heterocycles. The highest BCUT2D eigenvalue weighted by atomic mass is 32.1. The van der Waals surface area contributed by atoms with Gasteiger partial charge >= 0.3 is 6.18 Å². The van der Waals surface area contributed by atoms with E-state index in [0.29, 0.717) is 11.3 Å². The Morgan fingerprint density at radius 1 is 1.31 bits per heavy atom. The lowest BCUT2D eigenvalue weighted by Gasteiger charge is -2.40. The minimum atomic E-state index is -4.58. The number of hydrogen-bond acceptors (Lipinski definition) is 5. The number of aryl methyl sites for hydroxylation is 1. The number of thiazole rings is 1. The van der Waals surface area contributed by atoms with Crippen LogP contribution in [0.1, 0.15) is 40.1 Å². The zero-order valence-electron chi connectivity index (χ0n) is 14.4. The second-order valence-electron chi connectivity index (χ2n) is 6.85. The van der Waals surface area contributed by atoms with E-state index in [4.69, 9.17) is 0 Å². The Labute approximate surface area is 152 Å². The smallest absolute Gasteiger partial charge is 0.383 e. The molecule has 2 unspecified atom stereocenters. The van der Waals surface area contributed by atoms with Gasteiger partial charge in [-0.1, -0.05) is 0 Å². The summed E-state index contributed by atoms with van der Waals surface area (Å²) < 4.78 is 38.4. The second kappa shape index (κ2) is 6.80. The Bertz CT molecular complexity index is 717. The number of carbonyl (C=O) groups is 2. The van der Waals surface area contributed by atoms with E-state index in [0.717, 1.165) is 12.8 Å². The average Bonchev–Trinajstić information content (AvgIpc) is 3.33. The van der Waals surface area contributed by atoms with E-state index in [2.05, 4.69) is 4.98 Å². The van der Waals surface area contributed by atoms with Crippen LogP contribution in [0, 0.1) is 12.8 Å². The van der Waals surface area contributed by atoms with Crippen LogP contribution in [0.2, 0.25) is 0 Å². The zero-order valence-corrected chi connectivity index (χ0v) is 15.2. The first kappa shape index (κ1) is 19.1. The third kappa shape index (κ3) is 3.71. The quantitative estimate of drug-likeness (QED) is 0.854. The summed E-state index contributed by atoms with van der Waals surface area (Å²) in [6, 6.07) is -0.316. The van der Waals surface area contributed by atoms with Gasteiger partial charge in [-0.2, -0.15) is 13.2 Å². The van der Waals surface area contributed by atoms with Gasteiger partial charge in [-0.05, 0) is 32.6 Å². The number of aliphatic hydroxyl groups excluding tert-OH is 1. The number of nitrogens with zero attached hydrogens (tertiary/aromatic N) is 3. The maximum atomic E-state index is 12.8. The lowest BCUT2D eigenvalue weighted by Crippen LogP contribution is -2.57. The number of aromatic nitrogens is 1. The first-order valence-corrected chi connectivity index (χ1v) is 9.23. The van der Waals surface area contributed by atoms with Gasteiger partial charge in [-0.15, -0.1) is 11.3 Å². The van der Waals surface area contributed by atoms with Gasteiger partial charge in [0, 0.05) is 25.7 Å². The van der Waals surface area contributed by atoms with Crippen LogP contribution in [0.25, 0.3) is 0 Å². The van der Waals surface area contributed by atoms with Crippen molar-refractivity contribution in [3.63, 3.8) is 0 Å². The van der Waals surface area contributed by atoms with Crippen molar-refractivity contribution in [3.8, 4) is 0 Å². The number of halogens is 3. The molecule has 0 aromatic carbocycles. The van der Waals surface area contributed by atoms with Gasteiger partial charge in [0.2, 0.25) is 0 Å². The number of aliphatic hydroxyl groups is 1. The molecule has 1 aliphatic heterocycles. The molecular formula is C16H20F3N3O3S. The molecule has 2 amide bonds. The van der Waals surface area contributed by atoms with Crippen LogP contribution in [0.3, 0.4) is 0 Å². The Balaban J connectivity index is 1.68. The number of hydrogen-bond donors (Lipinski definition) is 1. The maximum Gasteiger partial charge on any atom is 0.443 e. The molecule has 1 aliphatic carbocycles. The van der Waals surface area contributed by atoms with Crippen molar-refractivity contribution >= 4 is 23.2 Å². The number of rotatable bonds is 3. The van der Waals surface area contributed by atoms with Crippen LogP contribution in [0.15, 0.2) is 0 Å².